The maximum atomic E-state index is 13.8. The largest absolute Gasteiger partial charge is 0.315 e. The number of rotatable bonds is 5. The van der Waals surface area contributed by atoms with Gasteiger partial charge in [0, 0.05) is 28.4 Å². The lowest BCUT2D eigenvalue weighted by Crippen LogP contribution is -2.05. The molecule has 0 aliphatic rings. The number of aromatic nitrogens is 1. The summed E-state index contributed by atoms with van der Waals surface area (Å²) in [5.74, 6) is -0.268. The lowest BCUT2D eigenvalue weighted by atomic mass is 10.1. The molecule has 102 valence electrons. The van der Waals surface area contributed by atoms with Gasteiger partial charge in [0.1, 0.15) is 5.82 Å². The van der Waals surface area contributed by atoms with Gasteiger partial charge in [-0.05, 0) is 25.6 Å². The zero-order valence-electron chi connectivity index (χ0n) is 11.0. The molecule has 0 amide bonds. The summed E-state index contributed by atoms with van der Waals surface area (Å²) in [7, 11) is 1.91. The van der Waals surface area contributed by atoms with Gasteiger partial charge in [-0.1, -0.05) is 24.6 Å². The van der Waals surface area contributed by atoms with Gasteiger partial charge in [-0.3, -0.25) is 0 Å². The molecule has 1 aromatic heterocycles. The average molecular weight is 299 g/mol. The summed E-state index contributed by atoms with van der Waals surface area (Å²) in [6, 6.07) is 4.76. The van der Waals surface area contributed by atoms with Crippen LogP contribution in [0.3, 0.4) is 0 Å². The van der Waals surface area contributed by atoms with Crippen LogP contribution in [0.4, 0.5) is 4.39 Å². The summed E-state index contributed by atoms with van der Waals surface area (Å²) in [6.45, 7) is 2.87. The molecule has 0 aliphatic heterocycles. The Bertz CT molecular complexity index is 548. The summed E-state index contributed by atoms with van der Waals surface area (Å²) in [4.78, 5) is 5.79. The lowest BCUT2D eigenvalue weighted by molar-refractivity contribution is 0.614. The first-order valence-electron chi connectivity index (χ1n) is 6.20. The molecular formula is C14H16ClFN2S. The normalized spacial score (nSPS) is 10.9. The number of halogens is 2. The van der Waals surface area contributed by atoms with Crippen molar-refractivity contribution in [1.82, 2.24) is 10.3 Å². The standard InChI is InChI=1S/C14H16ClFN2S/c1-3-12-13(8-17-2)19-14(18-12)7-9-10(15)5-4-6-11(9)16/h4-6,17H,3,7-8H2,1-2H3. The Morgan fingerprint density at radius 2 is 2.21 bits per heavy atom. The minimum Gasteiger partial charge on any atom is -0.315 e. The van der Waals surface area contributed by atoms with Gasteiger partial charge in [0.2, 0.25) is 0 Å². The monoisotopic (exact) mass is 298 g/mol. The third-order valence-electron chi connectivity index (χ3n) is 2.88. The maximum absolute atomic E-state index is 13.8. The van der Waals surface area contributed by atoms with Crippen LogP contribution in [0.2, 0.25) is 5.02 Å². The second kappa shape index (κ2) is 6.46. The molecular weight excluding hydrogens is 283 g/mol. The van der Waals surface area contributed by atoms with Crippen molar-refractivity contribution in [2.75, 3.05) is 7.05 Å². The van der Waals surface area contributed by atoms with Crippen LogP contribution < -0.4 is 5.32 Å². The van der Waals surface area contributed by atoms with Gasteiger partial charge in [-0.15, -0.1) is 11.3 Å². The Labute approximate surface area is 121 Å². The number of nitrogens with one attached hydrogen (secondary N) is 1. The fourth-order valence-corrected chi connectivity index (χ4v) is 3.35. The van der Waals surface area contributed by atoms with Crippen molar-refractivity contribution < 1.29 is 4.39 Å². The minimum atomic E-state index is -0.268. The first kappa shape index (κ1) is 14.4. The smallest absolute Gasteiger partial charge is 0.128 e. The van der Waals surface area contributed by atoms with E-state index in [-0.39, 0.29) is 5.82 Å². The minimum absolute atomic E-state index is 0.268. The molecule has 0 saturated heterocycles. The fourth-order valence-electron chi connectivity index (χ4n) is 1.94. The average Bonchev–Trinajstić information content (AvgIpc) is 2.77. The molecule has 0 bridgehead atoms. The van der Waals surface area contributed by atoms with E-state index in [0.717, 1.165) is 23.7 Å². The SMILES string of the molecule is CCc1nc(Cc2c(F)cccc2Cl)sc1CNC. The molecule has 1 N–H and O–H groups in total. The first-order valence-corrected chi connectivity index (χ1v) is 7.40. The summed E-state index contributed by atoms with van der Waals surface area (Å²) >= 11 is 7.67. The number of hydrogen-bond acceptors (Lipinski definition) is 3. The Balaban J connectivity index is 2.28. The van der Waals surface area contributed by atoms with Gasteiger partial charge in [0.05, 0.1) is 10.7 Å². The van der Waals surface area contributed by atoms with Gasteiger partial charge in [-0.2, -0.15) is 0 Å². The lowest BCUT2D eigenvalue weighted by Gasteiger charge is -2.02. The van der Waals surface area contributed by atoms with Crippen molar-refractivity contribution in [3.8, 4) is 0 Å². The predicted molar refractivity (Wildman–Crippen MR) is 78.5 cm³/mol. The van der Waals surface area contributed by atoms with E-state index in [9.17, 15) is 4.39 Å². The third kappa shape index (κ3) is 3.32. The van der Waals surface area contributed by atoms with Gasteiger partial charge < -0.3 is 5.32 Å². The van der Waals surface area contributed by atoms with E-state index in [1.807, 2.05) is 7.05 Å². The number of nitrogens with zero attached hydrogens (tertiary/aromatic N) is 1. The molecule has 1 heterocycles. The second-order valence-electron chi connectivity index (χ2n) is 4.24. The molecule has 5 heteroatoms. The summed E-state index contributed by atoms with van der Waals surface area (Å²) in [6.07, 6.45) is 1.34. The van der Waals surface area contributed by atoms with E-state index in [4.69, 9.17) is 11.6 Å². The highest BCUT2D eigenvalue weighted by Crippen LogP contribution is 2.26. The number of benzene rings is 1. The zero-order chi connectivity index (χ0) is 13.8. The van der Waals surface area contributed by atoms with Crippen molar-refractivity contribution in [3.05, 3.63) is 50.2 Å². The van der Waals surface area contributed by atoms with Gasteiger partial charge in [0.25, 0.3) is 0 Å². The fraction of sp³-hybridized carbons (Fsp3) is 0.357. The molecule has 2 aromatic rings. The van der Waals surface area contributed by atoms with Crippen LogP contribution in [-0.2, 0) is 19.4 Å². The van der Waals surface area contributed by atoms with Crippen molar-refractivity contribution in [3.63, 3.8) is 0 Å². The second-order valence-corrected chi connectivity index (χ2v) is 5.81. The Morgan fingerprint density at radius 3 is 2.84 bits per heavy atom. The van der Waals surface area contributed by atoms with E-state index in [1.165, 1.54) is 10.9 Å². The molecule has 2 rings (SSSR count). The predicted octanol–water partition coefficient (Wildman–Crippen LogP) is 3.81. The van der Waals surface area contributed by atoms with Crippen LogP contribution in [0.5, 0.6) is 0 Å². The molecule has 0 atom stereocenters. The van der Waals surface area contributed by atoms with Crippen LogP contribution in [0.15, 0.2) is 18.2 Å². The maximum Gasteiger partial charge on any atom is 0.128 e. The van der Waals surface area contributed by atoms with Crippen molar-refractivity contribution in [2.24, 2.45) is 0 Å². The summed E-state index contributed by atoms with van der Waals surface area (Å²) in [5.41, 5.74) is 1.61. The van der Waals surface area contributed by atoms with Crippen molar-refractivity contribution >= 4 is 22.9 Å². The van der Waals surface area contributed by atoms with Crippen LogP contribution >= 0.6 is 22.9 Å². The Kier molecular flexibility index (Phi) is 4.91. The Morgan fingerprint density at radius 1 is 1.42 bits per heavy atom. The van der Waals surface area contributed by atoms with E-state index >= 15 is 0 Å². The van der Waals surface area contributed by atoms with Crippen molar-refractivity contribution in [2.45, 2.75) is 26.3 Å². The highest BCUT2D eigenvalue weighted by atomic mass is 35.5. The molecule has 19 heavy (non-hydrogen) atoms. The molecule has 0 saturated carbocycles. The molecule has 0 unspecified atom stereocenters. The number of thiazole rings is 1. The molecule has 0 spiro atoms. The van der Waals surface area contributed by atoms with Gasteiger partial charge in [0.15, 0.2) is 0 Å². The molecule has 0 radical (unpaired) electrons. The molecule has 0 fully saturated rings. The van der Waals surface area contributed by atoms with Gasteiger partial charge in [-0.25, -0.2) is 9.37 Å². The van der Waals surface area contributed by atoms with E-state index < -0.39 is 0 Å². The van der Waals surface area contributed by atoms with E-state index in [2.05, 4.69) is 17.2 Å². The van der Waals surface area contributed by atoms with E-state index in [1.54, 1.807) is 23.5 Å². The summed E-state index contributed by atoms with van der Waals surface area (Å²) in [5, 5.41) is 4.50. The highest BCUT2D eigenvalue weighted by Gasteiger charge is 2.13. The van der Waals surface area contributed by atoms with E-state index in [0.29, 0.717) is 17.0 Å². The van der Waals surface area contributed by atoms with Crippen molar-refractivity contribution in [1.29, 1.82) is 0 Å². The van der Waals surface area contributed by atoms with Crippen LogP contribution in [0.1, 0.15) is 28.1 Å². The Hall–Kier alpha value is -0.970. The zero-order valence-corrected chi connectivity index (χ0v) is 12.5. The molecule has 2 nitrogen and oxygen atoms in total. The van der Waals surface area contributed by atoms with Crippen LogP contribution in [0.25, 0.3) is 0 Å². The van der Waals surface area contributed by atoms with Crippen LogP contribution in [-0.4, -0.2) is 12.0 Å². The summed E-state index contributed by atoms with van der Waals surface area (Å²) < 4.78 is 13.8. The molecule has 0 aliphatic carbocycles. The number of aryl methyl sites for hydroxylation is 1. The first-order chi connectivity index (χ1) is 9.15. The van der Waals surface area contributed by atoms with Gasteiger partial charge >= 0.3 is 0 Å². The topological polar surface area (TPSA) is 24.9 Å². The number of hydrogen-bond donors (Lipinski definition) is 1. The quantitative estimate of drug-likeness (QED) is 0.908. The highest BCUT2D eigenvalue weighted by molar-refractivity contribution is 7.11. The third-order valence-corrected chi connectivity index (χ3v) is 4.34. The van der Waals surface area contributed by atoms with Crippen LogP contribution in [0, 0.1) is 5.82 Å². The molecule has 1 aromatic carbocycles.